The van der Waals surface area contributed by atoms with Crippen molar-refractivity contribution in [3.05, 3.63) is 24.0 Å². The second-order valence-electron chi connectivity index (χ2n) is 4.75. The minimum absolute atomic E-state index is 0.340. The van der Waals surface area contributed by atoms with Gasteiger partial charge in [0.05, 0.1) is 7.11 Å². The van der Waals surface area contributed by atoms with E-state index >= 15 is 0 Å². The van der Waals surface area contributed by atoms with Crippen LogP contribution in [0.3, 0.4) is 0 Å². The zero-order chi connectivity index (χ0) is 13.5. The van der Waals surface area contributed by atoms with E-state index < -0.39 is 5.97 Å². The Balaban J connectivity index is 1.74. The molecule has 5 nitrogen and oxygen atoms in total. The van der Waals surface area contributed by atoms with E-state index in [1.807, 2.05) is 6.07 Å². The third-order valence-corrected chi connectivity index (χ3v) is 3.33. The van der Waals surface area contributed by atoms with Gasteiger partial charge in [-0.3, -0.25) is 0 Å². The topological polar surface area (TPSA) is 54.5 Å². The number of ether oxygens (including phenoxy) is 1. The molecule has 0 radical (unpaired) electrons. The zero-order valence-electron chi connectivity index (χ0n) is 11.4. The van der Waals surface area contributed by atoms with Crippen LogP contribution in [-0.4, -0.2) is 49.1 Å². The van der Waals surface area contributed by atoms with Crippen molar-refractivity contribution in [2.24, 2.45) is 0 Å². The predicted octanol–water partition coefficient (Wildman–Crippen LogP) is 1.77. The Hall–Kier alpha value is -1.62. The number of carbonyl (C=O) groups is 1. The highest BCUT2D eigenvalue weighted by Crippen LogP contribution is 2.10. The Morgan fingerprint density at radius 3 is 3.00 bits per heavy atom. The molecular formula is C14H21N3O2. The number of methoxy groups -OCH3 is 1. The molecule has 0 atom stereocenters. The summed E-state index contributed by atoms with van der Waals surface area (Å²) < 4.78 is 4.65. The monoisotopic (exact) mass is 263 g/mol. The van der Waals surface area contributed by atoms with Crippen molar-refractivity contribution in [3.63, 3.8) is 0 Å². The fraction of sp³-hybridized carbons (Fsp3) is 0.571. The van der Waals surface area contributed by atoms with E-state index in [0.717, 1.165) is 25.2 Å². The Labute approximate surface area is 114 Å². The number of hydrogen-bond acceptors (Lipinski definition) is 5. The molecule has 0 amide bonds. The zero-order valence-corrected chi connectivity index (χ0v) is 11.4. The van der Waals surface area contributed by atoms with Crippen LogP contribution in [0.1, 0.15) is 29.8 Å². The van der Waals surface area contributed by atoms with Gasteiger partial charge in [-0.1, -0.05) is 0 Å². The molecule has 0 aromatic carbocycles. The average Bonchev–Trinajstić information content (AvgIpc) is 2.96. The summed E-state index contributed by atoms with van der Waals surface area (Å²) in [4.78, 5) is 17.8. The molecule has 0 bridgehead atoms. The molecule has 1 aromatic heterocycles. The number of anilines is 1. The number of rotatable bonds is 6. The molecule has 1 aliphatic heterocycles. The number of aromatic nitrogens is 1. The lowest BCUT2D eigenvalue weighted by Gasteiger charge is -2.14. The van der Waals surface area contributed by atoms with Gasteiger partial charge in [-0.2, -0.15) is 0 Å². The van der Waals surface area contributed by atoms with E-state index in [9.17, 15) is 4.79 Å². The summed E-state index contributed by atoms with van der Waals surface area (Å²) in [6.45, 7) is 4.52. The van der Waals surface area contributed by atoms with Gasteiger partial charge in [0.15, 0.2) is 0 Å². The summed E-state index contributed by atoms with van der Waals surface area (Å²) in [5.74, 6) is -0.402. The van der Waals surface area contributed by atoms with Crippen molar-refractivity contribution >= 4 is 11.7 Å². The smallest absolute Gasteiger partial charge is 0.356 e. The molecular weight excluding hydrogens is 242 g/mol. The number of carbonyl (C=O) groups excluding carboxylic acids is 1. The maximum absolute atomic E-state index is 11.4. The van der Waals surface area contributed by atoms with Gasteiger partial charge in [0.1, 0.15) is 5.69 Å². The number of pyridine rings is 1. The van der Waals surface area contributed by atoms with Crippen LogP contribution in [0.4, 0.5) is 5.69 Å². The summed E-state index contributed by atoms with van der Waals surface area (Å²) in [5, 5.41) is 3.31. The second kappa shape index (κ2) is 7.09. The minimum atomic E-state index is -0.402. The molecule has 19 heavy (non-hydrogen) atoms. The standard InChI is InChI=1S/C14H21N3O2/c1-19-14(18)13-11-12(5-7-16-13)15-6-4-10-17-8-2-3-9-17/h5,7,11H,2-4,6,8-10H2,1H3,(H,15,16). The van der Waals surface area contributed by atoms with Crippen molar-refractivity contribution < 1.29 is 9.53 Å². The number of nitrogens with zero attached hydrogens (tertiary/aromatic N) is 2. The number of esters is 1. The number of likely N-dealkylation sites (tertiary alicyclic amines) is 1. The molecule has 2 rings (SSSR count). The van der Waals surface area contributed by atoms with Crippen molar-refractivity contribution in [2.45, 2.75) is 19.3 Å². The quantitative estimate of drug-likeness (QED) is 0.626. The maximum atomic E-state index is 11.4. The van der Waals surface area contributed by atoms with E-state index in [-0.39, 0.29) is 0 Å². The molecule has 0 aliphatic carbocycles. The molecule has 1 aromatic rings. The predicted molar refractivity (Wildman–Crippen MR) is 74.4 cm³/mol. The third kappa shape index (κ3) is 4.21. The largest absolute Gasteiger partial charge is 0.464 e. The van der Waals surface area contributed by atoms with E-state index in [2.05, 4.69) is 19.9 Å². The van der Waals surface area contributed by atoms with Crippen LogP contribution in [0, 0.1) is 0 Å². The van der Waals surface area contributed by atoms with E-state index in [1.165, 1.54) is 33.0 Å². The van der Waals surface area contributed by atoms with Crippen LogP contribution in [0.2, 0.25) is 0 Å². The lowest BCUT2D eigenvalue weighted by Crippen LogP contribution is -2.22. The van der Waals surface area contributed by atoms with Gasteiger partial charge in [0, 0.05) is 18.4 Å². The first-order valence-corrected chi connectivity index (χ1v) is 6.80. The highest BCUT2D eigenvalue weighted by Gasteiger charge is 2.10. The highest BCUT2D eigenvalue weighted by molar-refractivity contribution is 5.88. The van der Waals surface area contributed by atoms with Crippen molar-refractivity contribution in [1.29, 1.82) is 0 Å². The average molecular weight is 263 g/mol. The van der Waals surface area contributed by atoms with Crippen LogP contribution in [0.25, 0.3) is 0 Å². The first-order chi connectivity index (χ1) is 9.29. The van der Waals surface area contributed by atoms with Crippen LogP contribution in [-0.2, 0) is 4.74 Å². The molecule has 0 spiro atoms. The third-order valence-electron chi connectivity index (χ3n) is 3.33. The summed E-state index contributed by atoms with van der Waals surface area (Å²) in [5.41, 5.74) is 1.25. The summed E-state index contributed by atoms with van der Waals surface area (Å²) >= 11 is 0. The van der Waals surface area contributed by atoms with Gasteiger partial charge in [-0.15, -0.1) is 0 Å². The molecule has 1 N–H and O–H groups in total. The molecule has 1 saturated heterocycles. The molecule has 104 valence electrons. The molecule has 1 fully saturated rings. The lowest BCUT2D eigenvalue weighted by atomic mass is 10.3. The van der Waals surface area contributed by atoms with Gasteiger partial charge >= 0.3 is 5.97 Å². The van der Waals surface area contributed by atoms with Crippen LogP contribution in [0.5, 0.6) is 0 Å². The van der Waals surface area contributed by atoms with E-state index in [0.29, 0.717) is 5.69 Å². The molecule has 2 heterocycles. The van der Waals surface area contributed by atoms with Crippen molar-refractivity contribution in [2.75, 3.05) is 38.6 Å². The first-order valence-electron chi connectivity index (χ1n) is 6.80. The molecule has 1 aliphatic rings. The van der Waals surface area contributed by atoms with E-state index in [4.69, 9.17) is 0 Å². The fourth-order valence-electron chi connectivity index (χ4n) is 2.30. The normalized spacial score (nSPS) is 15.4. The fourth-order valence-corrected chi connectivity index (χ4v) is 2.30. The highest BCUT2D eigenvalue weighted by atomic mass is 16.5. The van der Waals surface area contributed by atoms with Crippen LogP contribution < -0.4 is 5.32 Å². The molecule has 5 heteroatoms. The molecule has 0 saturated carbocycles. The van der Waals surface area contributed by atoms with Gasteiger partial charge in [-0.25, -0.2) is 9.78 Å². The Morgan fingerprint density at radius 2 is 2.26 bits per heavy atom. The maximum Gasteiger partial charge on any atom is 0.356 e. The van der Waals surface area contributed by atoms with Crippen LogP contribution >= 0.6 is 0 Å². The van der Waals surface area contributed by atoms with Gasteiger partial charge in [0.25, 0.3) is 0 Å². The van der Waals surface area contributed by atoms with Gasteiger partial charge in [0.2, 0.25) is 0 Å². The van der Waals surface area contributed by atoms with Gasteiger partial charge < -0.3 is 15.0 Å². The molecule has 0 unspecified atom stereocenters. The van der Waals surface area contributed by atoms with Crippen LogP contribution in [0.15, 0.2) is 18.3 Å². The number of hydrogen-bond donors (Lipinski definition) is 1. The Kier molecular flexibility index (Phi) is 5.15. The minimum Gasteiger partial charge on any atom is -0.464 e. The second-order valence-corrected chi connectivity index (χ2v) is 4.75. The Bertz CT molecular complexity index is 417. The summed E-state index contributed by atoms with van der Waals surface area (Å²) in [7, 11) is 1.36. The van der Waals surface area contributed by atoms with Gasteiger partial charge in [-0.05, 0) is 51.0 Å². The first kappa shape index (κ1) is 13.8. The SMILES string of the molecule is COC(=O)c1cc(NCCCN2CCCC2)ccn1. The Morgan fingerprint density at radius 1 is 1.47 bits per heavy atom. The summed E-state index contributed by atoms with van der Waals surface area (Å²) in [6.07, 6.45) is 5.39. The van der Waals surface area contributed by atoms with Crippen molar-refractivity contribution in [1.82, 2.24) is 9.88 Å². The lowest BCUT2D eigenvalue weighted by molar-refractivity contribution is 0.0594. The number of nitrogens with one attached hydrogen (secondary N) is 1. The van der Waals surface area contributed by atoms with E-state index in [1.54, 1.807) is 12.3 Å². The van der Waals surface area contributed by atoms with Crippen molar-refractivity contribution in [3.8, 4) is 0 Å². The summed E-state index contributed by atoms with van der Waals surface area (Å²) in [6, 6.07) is 3.59.